The van der Waals surface area contributed by atoms with Crippen molar-refractivity contribution in [2.75, 3.05) is 0 Å². The molecule has 10 rings (SSSR count). The first-order valence-electron chi connectivity index (χ1n) is 17.1. The monoisotopic (exact) mass is 641 g/mol. The van der Waals surface area contributed by atoms with Crippen molar-refractivity contribution in [3.05, 3.63) is 170 Å². The topological polar surface area (TPSA) is 56.7 Å². The van der Waals surface area contributed by atoms with Crippen molar-refractivity contribution in [1.29, 1.82) is 0 Å². The van der Waals surface area contributed by atoms with Gasteiger partial charge in [-0.05, 0) is 36.4 Å². The summed E-state index contributed by atoms with van der Waals surface area (Å²) in [4.78, 5) is 15.0. The van der Waals surface area contributed by atoms with Crippen LogP contribution in [0.5, 0.6) is 0 Å². The third-order valence-corrected chi connectivity index (χ3v) is 9.39. The number of benzene rings is 7. The van der Waals surface area contributed by atoms with E-state index in [1.807, 2.05) is 72.8 Å². The maximum Gasteiger partial charge on any atom is 0.164 e. The molecule has 234 valence electrons. The average molecular weight is 642 g/mol. The first-order chi connectivity index (χ1) is 25.2. The van der Waals surface area contributed by atoms with Crippen molar-refractivity contribution in [3.8, 4) is 51.0 Å². The quantitative estimate of drug-likeness (QED) is 0.188. The van der Waals surface area contributed by atoms with Gasteiger partial charge in [0.05, 0.1) is 18.1 Å². The summed E-state index contributed by atoms with van der Waals surface area (Å²) in [6, 6.07) is 55.8. The Kier molecular flexibility index (Phi) is 6.18. The fourth-order valence-corrected chi connectivity index (χ4v) is 7.10. The van der Waals surface area contributed by atoms with Gasteiger partial charge in [-0.1, -0.05) is 133 Å². The molecule has 0 bridgehead atoms. The van der Waals surface area contributed by atoms with Crippen molar-refractivity contribution in [1.82, 2.24) is 19.5 Å². The highest BCUT2D eigenvalue weighted by Gasteiger charge is 2.21. The molecule has 0 fully saturated rings. The summed E-state index contributed by atoms with van der Waals surface area (Å²) in [5.41, 5.74) is 9.07. The molecule has 3 heterocycles. The molecule has 0 aliphatic carbocycles. The van der Waals surface area contributed by atoms with Crippen LogP contribution in [0.1, 0.15) is 1.37 Å². The lowest BCUT2D eigenvalue weighted by Crippen LogP contribution is -2.02. The van der Waals surface area contributed by atoms with Gasteiger partial charge in [0.15, 0.2) is 17.5 Å². The van der Waals surface area contributed by atoms with Gasteiger partial charge in [-0.25, -0.2) is 15.0 Å². The van der Waals surface area contributed by atoms with Crippen LogP contribution in [0, 0.1) is 0 Å². The smallest absolute Gasteiger partial charge is 0.164 e. The van der Waals surface area contributed by atoms with Gasteiger partial charge in [0.1, 0.15) is 11.2 Å². The maximum absolute atomic E-state index is 8.62. The summed E-state index contributed by atoms with van der Waals surface area (Å²) in [6.45, 7) is 0. The minimum atomic E-state index is 0.359. The zero-order valence-corrected chi connectivity index (χ0v) is 26.8. The molecule has 0 aliphatic heterocycles. The van der Waals surface area contributed by atoms with E-state index in [4.69, 9.17) is 20.7 Å². The van der Waals surface area contributed by atoms with Crippen LogP contribution in [0.25, 0.3) is 94.7 Å². The molecule has 0 radical (unpaired) electrons. The van der Waals surface area contributed by atoms with Crippen LogP contribution >= 0.6 is 0 Å². The molecule has 0 saturated carbocycles. The Balaban J connectivity index is 1.28. The van der Waals surface area contributed by atoms with E-state index in [9.17, 15) is 0 Å². The third-order valence-electron chi connectivity index (χ3n) is 9.39. The van der Waals surface area contributed by atoms with E-state index in [2.05, 4.69) is 89.5 Å². The van der Waals surface area contributed by atoms with Gasteiger partial charge in [-0.15, -0.1) is 0 Å². The Hall–Kier alpha value is -6.85. The van der Waals surface area contributed by atoms with Crippen LogP contribution in [0.3, 0.4) is 0 Å². The van der Waals surface area contributed by atoms with E-state index in [1.165, 1.54) is 10.8 Å². The molecule has 7 aromatic carbocycles. The van der Waals surface area contributed by atoms with Crippen molar-refractivity contribution < 1.29 is 5.79 Å². The van der Waals surface area contributed by atoms with Crippen LogP contribution < -0.4 is 0 Å². The Bertz CT molecular complexity index is 2820. The second kappa shape index (κ2) is 11.4. The van der Waals surface area contributed by atoms with Crippen molar-refractivity contribution in [2.45, 2.75) is 0 Å². The molecule has 0 atom stereocenters. The fourth-order valence-electron chi connectivity index (χ4n) is 7.10. The molecule has 0 amide bonds. The zero-order valence-electron chi connectivity index (χ0n) is 27.8. The van der Waals surface area contributed by atoms with Gasteiger partial charge in [0.25, 0.3) is 0 Å². The van der Waals surface area contributed by atoms with Gasteiger partial charge in [-0.2, -0.15) is 0 Å². The standard InChI is InChI=1S/C45H28N4O/c1-3-14-29(15-4-1)43-46-44(30-16-5-2-6-17-30)48-45(47-43)31-26-27-40(49-38-23-10-7-18-32(38)33-19-8-11-24-39(33)49)37(28-31)36-22-13-21-35-34-20-9-12-25-41(34)50-42(35)36/h1-28H/i25D. The predicted molar refractivity (Wildman–Crippen MR) is 203 cm³/mol. The molecular weight excluding hydrogens is 613 g/mol. The lowest BCUT2D eigenvalue weighted by Gasteiger charge is -2.16. The van der Waals surface area contributed by atoms with E-state index in [-0.39, 0.29) is 0 Å². The molecule has 50 heavy (non-hydrogen) atoms. The number of furan rings is 1. The maximum atomic E-state index is 8.62. The van der Waals surface area contributed by atoms with Gasteiger partial charge < -0.3 is 8.98 Å². The molecule has 0 saturated heterocycles. The van der Waals surface area contributed by atoms with Crippen LogP contribution in [-0.2, 0) is 0 Å². The zero-order chi connectivity index (χ0) is 33.9. The summed E-state index contributed by atoms with van der Waals surface area (Å²) in [5, 5.41) is 4.25. The Morgan fingerprint density at radius 1 is 0.440 bits per heavy atom. The van der Waals surface area contributed by atoms with Crippen LogP contribution in [0.4, 0.5) is 0 Å². The molecule has 0 N–H and O–H groups in total. The van der Waals surface area contributed by atoms with Crippen LogP contribution in [-0.4, -0.2) is 19.5 Å². The number of para-hydroxylation sites is 4. The number of nitrogens with zero attached hydrogens (tertiary/aromatic N) is 4. The normalized spacial score (nSPS) is 11.9. The molecule has 0 unspecified atom stereocenters. The highest BCUT2D eigenvalue weighted by Crippen LogP contribution is 2.42. The van der Waals surface area contributed by atoms with E-state index in [0.717, 1.165) is 60.9 Å². The summed E-state index contributed by atoms with van der Waals surface area (Å²) < 4.78 is 17.5. The van der Waals surface area contributed by atoms with Gasteiger partial charge in [-0.3, -0.25) is 0 Å². The minimum Gasteiger partial charge on any atom is -0.455 e. The lowest BCUT2D eigenvalue weighted by molar-refractivity contribution is 0.670. The second-order valence-electron chi connectivity index (χ2n) is 12.3. The van der Waals surface area contributed by atoms with Gasteiger partial charge >= 0.3 is 0 Å². The number of hydrogen-bond acceptors (Lipinski definition) is 4. The Morgan fingerprint density at radius 2 is 0.980 bits per heavy atom. The van der Waals surface area contributed by atoms with E-state index in [1.54, 1.807) is 6.07 Å². The minimum absolute atomic E-state index is 0.359. The van der Waals surface area contributed by atoms with Crippen molar-refractivity contribution in [3.63, 3.8) is 0 Å². The van der Waals surface area contributed by atoms with Crippen molar-refractivity contribution >= 4 is 43.7 Å². The summed E-state index contributed by atoms with van der Waals surface area (Å²) in [7, 11) is 0. The SMILES string of the molecule is [2H]c1cccc2c1oc1c(-c3cc(-c4nc(-c5ccccc5)nc(-c5ccccc5)n4)ccc3-n3c4ccccc4c4ccccc43)cccc12. The number of fused-ring (bicyclic) bond motifs is 6. The average Bonchev–Trinajstić information content (AvgIpc) is 3.75. The first kappa shape index (κ1) is 27.1. The number of hydrogen-bond donors (Lipinski definition) is 0. The molecular formula is C45H28N4O. The van der Waals surface area contributed by atoms with E-state index < -0.39 is 0 Å². The highest BCUT2D eigenvalue weighted by molar-refractivity contribution is 6.12. The fraction of sp³-hybridized carbons (Fsp3) is 0. The van der Waals surface area contributed by atoms with Gasteiger partial charge in [0.2, 0.25) is 0 Å². The molecule has 0 aliphatic rings. The van der Waals surface area contributed by atoms with E-state index in [0.29, 0.717) is 29.1 Å². The highest BCUT2D eigenvalue weighted by atomic mass is 16.3. The molecule has 10 aromatic rings. The van der Waals surface area contributed by atoms with Gasteiger partial charge in [0, 0.05) is 49.4 Å². The van der Waals surface area contributed by atoms with E-state index >= 15 is 0 Å². The molecule has 5 heteroatoms. The summed E-state index contributed by atoms with van der Waals surface area (Å²) >= 11 is 0. The lowest BCUT2D eigenvalue weighted by atomic mass is 9.98. The third kappa shape index (κ3) is 4.52. The first-order valence-corrected chi connectivity index (χ1v) is 16.6. The van der Waals surface area contributed by atoms with Crippen LogP contribution in [0.15, 0.2) is 174 Å². The predicted octanol–water partition coefficient (Wildman–Crippen LogP) is 11.5. The second-order valence-corrected chi connectivity index (χ2v) is 12.3. The molecule has 5 nitrogen and oxygen atoms in total. The Morgan fingerprint density at radius 3 is 1.64 bits per heavy atom. The van der Waals surface area contributed by atoms with Crippen molar-refractivity contribution in [2.24, 2.45) is 0 Å². The Labute approximate surface area is 289 Å². The van der Waals surface area contributed by atoms with Crippen LogP contribution in [0.2, 0.25) is 0 Å². The summed E-state index contributed by atoms with van der Waals surface area (Å²) in [5.74, 6) is 1.78. The number of rotatable bonds is 5. The largest absolute Gasteiger partial charge is 0.455 e. The molecule has 0 spiro atoms. The molecule has 3 aromatic heterocycles. The number of aromatic nitrogens is 4. The summed E-state index contributed by atoms with van der Waals surface area (Å²) in [6.07, 6.45) is 0.